The Morgan fingerprint density at radius 3 is 2.46 bits per heavy atom. The molecule has 148 valence electrons. The minimum atomic E-state index is -0.120. The van der Waals surface area contributed by atoms with Crippen LogP contribution in [0.1, 0.15) is 52.7 Å². The van der Waals surface area contributed by atoms with Gasteiger partial charge in [0.25, 0.3) is 5.91 Å². The first-order valence-electron chi connectivity index (χ1n) is 9.96. The predicted molar refractivity (Wildman–Crippen MR) is 111 cm³/mol. The summed E-state index contributed by atoms with van der Waals surface area (Å²) in [7, 11) is 0. The summed E-state index contributed by atoms with van der Waals surface area (Å²) in [5.74, 6) is 0.196. The summed E-state index contributed by atoms with van der Waals surface area (Å²) in [6.07, 6.45) is 3.64. The molecule has 0 aromatic heterocycles. The van der Waals surface area contributed by atoms with Crippen molar-refractivity contribution in [3.05, 3.63) is 70.8 Å². The van der Waals surface area contributed by atoms with Crippen molar-refractivity contribution in [2.75, 3.05) is 0 Å². The molecule has 1 fully saturated rings. The molecule has 2 aromatic carbocycles. The second kappa shape index (κ2) is 9.51. The van der Waals surface area contributed by atoms with Crippen molar-refractivity contribution in [3.8, 4) is 0 Å². The fourth-order valence-electron chi connectivity index (χ4n) is 3.64. The van der Waals surface area contributed by atoms with E-state index >= 15 is 0 Å². The molecule has 5 heteroatoms. The monoisotopic (exact) mass is 379 g/mol. The van der Waals surface area contributed by atoms with Crippen molar-refractivity contribution in [2.45, 2.75) is 51.7 Å². The summed E-state index contributed by atoms with van der Waals surface area (Å²) < 4.78 is 0. The number of nitrogens with one attached hydrogen (secondary N) is 2. The van der Waals surface area contributed by atoms with E-state index in [9.17, 15) is 9.59 Å². The van der Waals surface area contributed by atoms with E-state index in [2.05, 4.69) is 10.6 Å². The minimum Gasteiger partial charge on any atom is -0.352 e. The van der Waals surface area contributed by atoms with Gasteiger partial charge in [0.05, 0.1) is 0 Å². The smallest absolute Gasteiger partial charge is 0.251 e. The molecule has 28 heavy (non-hydrogen) atoms. The number of carbonyl (C=O) groups excluding carboxylic acids is 2. The standard InChI is InChI=1S/C23H29N3O2/c1-16-8-10-17(11-9-16)14-26-23(28)20-6-2-4-18(12-20)15-25-22(27)13-19-5-3-7-21(19)24/h2,4,6,8-12,19,21H,3,5,7,13-15,24H2,1H3,(H,25,27)(H,26,28)/t19-,21+/m0/s1. The van der Waals surface area contributed by atoms with Crippen LogP contribution in [0.25, 0.3) is 0 Å². The van der Waals surface area contributed by atoms with E-state index in [4.69, 9.17) is 5.73 Å². The van der Waals surface area contributed by atoms with Crippen LogP contribution in [-0.2, 0) is 17.9 Å². The molecule has 0 radical (unpaired) electrons. The van der Waals surface area contributed by atoms with Gasteiger partial charge in [-0.2, -0.15) is 0 Å². The first-order chi connectivity index (χ1) is 13.5. The maximum atomic E-state index is 12.4. The second-order valence-electron chi connectivity index (χ2n) is 7.70. The van der Waals surface area contributed by atoms with E-state index < -0.39 is 0 Å². The molecule has 2 amide bonds. The number of aryl methyl sites for hydroxylation is 1. The molecule has 2 atom stereocenters. The highest BCUT2D eigenvalue weighted by atomic mass is 16.2. The average Bonchev–Trinajstić information content (AvgIpc) is 3.10. The lowest BCUT2D eigenvalue weighted by molar-refractivity contribution is -0.122. The van der Waals surface area contributed by atoms with Crippen molar-refractivity contribution in [1.29, 1.82) is 0 Å². The number of hydrogen-bond donors (Lipinski definition) is 3. The Morgan fingerprint density at radius 1 is 1.00 bits per heavy atom. The highest BCUT2D eigenvalue weighted by Crippen LogP contribution is 2.26. The zero-order valence-corrected chi connectivity index (χ0v) is 16.4. The molecule has 1 aliphatic rings. The van der Waals surface area contributed by atoms with Gasteiger partial charge in [-0.05, 0) is 48.9 Å². The van der Waals surface area contributed by atoms with Gasteiger partial charge in [0, 0.05) is 31.1 Å². The Morgan fingerprint density at radius 2 is 1.75 bits per heavy atom. The van der Waals surface area contributed by atoms with Crippen LogP contribution in [0.15, 0.2) is 48.5 Å². The van der Waals surface area contributed by atoms with Crippen LogP contribution in [-0.4, -0.2) is 17.9 Å². The van der Waals surface area contributed by atoms with Crippen LogP contribution >= 0.6 is 0 Å². The van der Waals surface area contributed by atoms with Crippen LogP contribution in [0.3, 0.4) is 0 Å². The third-order valence-corrected chi connectivity index (χ3v) is 5.42. The summed E-state index contributed by atoms with van der Waals surface area (Å²) in [5, 5.41) is 5.89. The zero-order chi connectivity index (χ0) is 19.9. The molecule has 5 nitrogen and oxygen atoms in total. The Kier molecular flexibility index (Phi) is 6.82. The fourth-order valence-corrected chi connectivity index (χ4v) is 3.64. The van der Waals surface area contributed by atoms with Crippen LogP contribution in [0, 0.1) is 12.8 Å². The van der Waals surface area contributed by atoms with Gasteiger partial charge in [0.1, 0.15) is 0 Å². The number of amides is 2. The highest BCUT2D eigenvalue weighted by molar-refractivity contribution is 5.94. The molecule has 0 bridgehead atoms. The van der Waals surface area contributed by atoms with Crippen molar-refractivity contribution in [1.82, 2.24) is 10.6 Å². The molecule has 0 heterocycles. The lowest BCUT2D eigenvalue weighted by Gasteiger charge is -2.15. The lowest BCUT2D eigenvalue weighted by atomic mass is 10.00. The number of hydrogen-bond acceptors (Lipinski definition) is 3. The molecule has 0 unspecified atom stereocenters. The molecular formula is C23H29N3O2. The Bertz CT molecular complexity index is 817. The van der Waals surface area contributed by atoms with Crippen molar-refractivity contribution >= 4 is 11.8 Å². The summed E-state index contributed by atoms with van der Waals surface area (Å²) in [6.45, 7) is 2.94. The summed E-state index contributed by atoms with van der Waals surface area (Å²) in [6, 6.07) is 15.6. The molecular weight excluding hydrogens is 350 g/mol. The maximum Gasteiger partial charge on any atom is 0.251 e. The lowest BCUT2D eigenvalue weighted by Crippen LogP contribution is -2.31. The Balaban J connectivity index is 1.49. The van der Waals surface area contributed by atoms with Gasteiger partial charge < -0.3 is 16.4 Å². The molecule has 1 saturated carbocycles. The Labute approximate surface area is 166 Å². The maximum absolute atomic E-state index is 12.4. The average molecular weight is 380 g/mol. The highest BCUT2D eigenvalue weighted by Gasteiger charge is 2.25. The number of benzene rings is 2. The van der Waals surface area contributed by atoms with Crippen LogP contribution in [0.5, 0.6) is 0 Å². The van der Waals surface area contributed by atoms with Gasteiger partial charge in [-0.1, -0.05) is 48.4 Å². The largest absolute Gasteiger partial charge is 0.352 e. The van der Waals surface area contributed by atoms with Crippen molar-refractivity contribution in [2.24, 2.45) is 11.7 Å². The summed E-state index contributed by atoms with van der Waals surface area (Å²) in [4.78, 5) is 24.6. The van der Waals surface area contributed by atoms with Crippen LogP contribution in [0.4, 0.5) is 0 Å². The SMILES string of the molecule is Cc1ccc(CNC(=O)c2cccc(CNC(=O)C[C@@H]3CCC[C@H]3N)c2)cc1. The fraction of sp³-hybridized carbons (Fsp3) is 0.391. The van der Waals surface area contributed by atoms with E-state index in [0.717, 1.165) is 30.4 Å². The van der Waals surface area contributed by atoms with Crippen LogP contribution in [0.2, 0.25) is 0 Å². The van der Waals surface area contributed by atoms with Crippen molar-refractivity contribution in [3.63, 3.8) is 0 Å². The number of nitrogens with two attached hydrogens (primary N) is 1. The van der Waals surface area contributed by atoms with Gasteiger partial charge >= 0.3 is 0 Å². The summed E-state index contributed by atoms with van der Waals surface area (Å²) >= 11 is 0. The predicted octanol–water partition coefficient (Wildman–Crippen LogP) is 3.06. The molecule has 0 saturated heterocycles. The minimum absolute atomic E-state index is 0.0246. The molecule has 1 aliphatic carbocycles. The van der Waals surface area contributed by atoms with Crippen molar-refractivity contribution < 1.29 is 9.59 Å². The quantitative estimate of drug-likeness (QED) is 0.691. The van der Waals surface area contributed by atoms with Gasteiger partial charge in [-0.3, -0.25) is 9.59 Å². The third kappa shape index (κ3) is 5.67. The number of rotatable bonds is 7. The van der Waals surface area contributed by atoms with E-state index in [1.165, 1.54) is 5.56 Å². The van der Waals surface area contributed by atoms with E-state index in [1.54, 1.807) is 6.07 Å². The first kappa shape index (κ1) is 20.1. The van der Waals surface area contributed by atoms with Gasteiger partial charge in [0.15, 0.2) is 0 Å². The molecule has 3 rings (SSSR count). The third-order valence-electron chi connectivity index (χ3n) is 5.42. The molecule has 2 aromatic rings. The normalized spacial score (nSPS) is 18.6. The molecule has 4 N–H and O–H groups in total. The molecule has 0 spiro atoms. The van der Waals surface area contributed by atoms with E-state index in [-0.39, 0.29) is 17.9 Å². The Hall–Kier alpha value is -2.66. The second-order valence-corrected chi connectivity index (χ2v) is 7.70. The van der Waals surface area contributed by atoms with Gasteiger partial charge in [-0.15, -0.1) is 0 Å². The van der Waals surface area contributed by atoms with E-state index in [0.29, 0.717) is 31.0 Å². The molecule has 0 aliphatic heterocycles. The zero-order valence-electron chi connectivity index (χ0n) is 16.4. The van der Waals surface area contributed by atoms with Crippen LogP contribution < -0.4 is 16.4 Å². The number of carbonyl (C=O) groups is 2. The first-order valence-corrected chi connectivity index (χ1v) is 9.96. The van der Waals surface area contributed by atoms with Gasteiger partial charge in [0.2, 0.25) is 5.91 Å². The van der Waals surface area contributed by atoms with Gasteiger partial charge in [-0.25, -0.2) is 0 Å². The van der Waals surface area contributed by atoms with E-state index in [1.807, 2.05) is 49.4 Å². The topological polar surface area (TPSA) is 84.2 Å². The summed E-state index contributed by atoms with van der Waals surface area (Å²) in [5.41, 5.74) is 9.80.